The Hall–Kier alpha value is -2.14. The number of benzene rings is 1. The van der Waals surface area contributed by atoms with E-state index in [9.17, 15) is 4.79 Å². The lowest BCUT2D eigenvalue weighted by Crippen LogP contribution is -2.33. The molecular formula is C20H28N4O. The van der Waals surface area contributed by atoms with E-state index in [4.69, 9.17) is 0 Å². The number of hydrogen-bond acceptors (Lipinski definition) is 3. The van der Waals surface area contributed by atoms with E-state index in [-0.39, 0.29) is 5.91 Å². The Morgan fingerprint density at radius 1 is 1.20 bits per heavy atom. The highest BCUT2D eigenvalue weighted by atomic mass is 16.2. The molecule has 2 heterocycles. The minimum atomic E-state index is -0.0130. The zero-order valence-electron chi connectivity index (χ0n) is 15.7. The first-order valence-corrected chi connectivity index (χ1v) is 9.13. The maximum Gasteiger partial charge on any atom is 0.278 e. The van der Waals surface area contributed by atoms with E-state index in [1.165, 1.54) is 0 Å². The third kappa shape index (κ3) is 3.47. The van der Waals surface area contributed by atoms with Crippen molar-refractivity contribution in [2.45, 2.75) is 39.7 Å². The second-order valence-electron chi connectivity index (χ2n) is 6.88. The summed E-state index contributed by atoms with van der Waals surface area (Å²) < 4.78 is 2.28. The van der Waals surface area contributed by atoms with Gasteiger partial charge in [-0.25, -0.2) is 4.98 Å². The zero-order valence-corrected chi connectivity index (χ0v) is 15.7. The van der Waals surface area contributed by atoms with Crippen LogP contribution in [0.4, 0.5) is 5.69 Å². The van der Waals surface area contributed by atoms with Crippen molar-refractivity contribution in [3.63, 3.8) is 0 Å². The number of aromatic nitrogens is 2. The van der Waals surface area contributed by atoms with Crippen LogP contribution >= 0.6 is 0 Å². The summed E-state index contributed by atoms with van der Waals surface area (Å²) >= 11 is 0. The molecule has 134 valence electrons. The number of imidazole rings is 1. The molecule has 1 aliphatic heterocycles. The molecule has 0 unspecified atom stereocenters. The fraction of sp³-hybridized carbons (Fsp3) is 0.500. The van der Waals surface area contributed by atoms with Gasteiger partial charge < -0.3 is 14.4 Å². The average molecular weight is 340 g/mol. The lowest BCUT2D eigenvalue weighted by atomic mass is 10.0. The van der Waals surface area contributed by atoms with Gasteiger partial charge >= 0.3 is 0 Å². The predicted molar refractivity (Wildman–Crippen MR) is 101 cm³/mol. The molecule has 1 saturated heterocycles. The van der Waals surface area contributed by atoms with Crippen molar-refractivity contribution < 1.29 is 4.79 Å². The summed E-state index contributed by atoms with van der Waals surface area (Å²) in [7, 11) is 2.16. The Morgan fingerprint density at radius 3 is 2.44 bits per heavy atom. The molecule has 1 aromatic heterocycles. The molecule has 0 spiro atoms. The van der Waals surface area contributed by atoms with Crippen LogP contribution in [-0.4, -0.2) is 47.0 Å². The second kappa shape index (κ2) is 7.40. The highest BCUT2D eigenvalue weighted by Crippen LogP contribution is 2.27. The van der Waals surface area contributed by atoms with Crippen LogP contribution in [0, 0.1) is 13.8 Å². The number of carbonyl (C=O) groups is 1. The lowest BCUT2D eigenvalue weighted by molar-refractivity contribution is 0.0983. The summed E-state index contributed by atoms with van der Waals surface area (Å²) in [6.07, 6.45) is 2.22. The van der Waals surface area contributed by atoms with Crippen molar-refractivity contribution in [1.82, 2.24) is 14.5 Å². The third-order valence-corrected chi connectivity index (χ3v) is 5.21. The number of hydrogen-bond donors (Lipinski definition) is 0. The lowest BCUT2D eigenvalue weighted by Gasteiger charge is -2.31. The van der Waals surface area contributed by atoms with Gasteiger partial charge in [-0.05, 0) is 65.9 Å². The van der Waals surface area contributed by atoms with Gasteiger partial charge in [0.25, 0.3) is 5.91 Å². The van der Waals surface area contributed by atoms with Gasteiger partial charge in [-0.2, -0.15) is 0 Å². The van der Waals surface area contributed by atoms with Crippen LogP contribution in [0.3, 0.4) is 0 Å². The first-order chi connectivity index (χ1) is 12.0. The van der Waals surface area contributed by atoms with Crippen molar-refractivity contribution in [2.24, 2.45) is 0 Å². The van der Waals surface area contributed by atoms with E-state index < -0.39 is 0 Å². The minimum Gasteiger partial charge on any atom is -0.329 e. The van der Waals surface area contributed by atoms with E-state index in [0.717, 1.165) is 43.1 Å². The highest BCUT2D eigenvalue weighted by Gasteiger charge is 2.27. The first-order valence-electron chi connectivity index (χ1n) is 9.13. The van der Waals surface area contributed by atoms with Crippen molar-refractivity contribution in [3.8, 4) is 0 Å². The molecule has 0 saturated carbocycles. The summed E-state index contributed by atoms with van der Waals surface area (Å²) in [6, 6.07) is 10.3. The number of aryl methyl sites for hydroxylation is 1. The zero-order chi connectivity index (χ0) is 18.0. The predicted octanol–water partition coefficient (Wildman–Crippen LogP) is 3.43. The van der Waals surface area contributed by atoms with E-state index in [2.05, 4.69) is 21.5 Å². The fourth-order valence-electron chi connectivity index (χ4n) is 3.83. The number of anilines is 1. The number of rotatable bonds is 4. The molecule has 0 atom stereocenters. The van der Waals surface area contributed by atoms with Crippen LogP contribution in [-0.2, 0) is 0 Å². The maximum absolute atomic E-state index is 13.1. The van der Waals surface area contributed by atoms with Crippen LogP contribution in [0.1, 0.15) is 47.8 Å². The van der Waals surface area contributed by atoms with Gasteiger partial charge in [0, 0.05) is 24.0 Å². The Kier molecular flexibility index (Phi) is 5.23. The molecule has 0 aliphatic carbocycles. The number of amides is 1. The van der Waals surface area contributed by atoms with Crippen LogP contribution in [0.25, 0.3) is 0 Å². The quantitative estimate of drug-likeness (QED) is 0.856. The normalized spacial score (nSPS) is 16.2. The Labute approximate surface area is 150 Å². The molecule has 25 heavy (non-hydrogen) atoms. The Morgan fingerprint density at radius 2 is 1.84 bits per heavy atom. The summed E-state index contributed by atoms with van der Waals surface area (Å²) in [5, 5.41) is 0. The standard InChI is InChI=1S/C20H28N4O/c1-5-23(17-9-7-6-8-10-17)20(25)19-15(2)24(16(3)21-19)18-11-13-22(4)14-12-18/h6-10,18H,5,11-14H2,1-4H3. The number of piperidine rings is 1. The largest absolute Gasteiger partial charge is 0.329 e. The average Bonchev–Trinajstić information content (AvgIpc) is 2.92. The highest BCUT2D eigenvalue weighted by molar-refractivity contribution is 6.05. The van der Waals surface area contributed by atoms with E-state index in [0.29, 0.717) is 18.3 Å². The topological polar surface area (TPSA) is 41.4 Å². The van der Waals surface area contributed by atoms with Gasteiger partial charge in [0.1, 0.15) is 11.5 Å². The van der Waals surface area contributed by atoms with E-state index in [1.807, 2.05) is 51.1 Å². The number of carbonyl (C=O) groups excluding carboxylic acids is 1. The number of nitrogens with zero attached hydrogens (tertiary/aromatic N) is 4. The summed E-state index contributed by atoms with van der Waals surface area (Å²) in [5.74, 6) is 0.931. The van der Waals surface area contributed by atoms with Gasteiger partial charge in [0.15, 0.2) is 0 Å². The molecule has 0 N–H and O–H groups in total. The van der Waals surface area contributed by atoms with Crippen LogP contribution < -0.4 is 4.90 Å². The monoisotopic (exact) mass is 340 g/mol. The third-order valence-electron chi connectivity index (χ3n) is 5.21. The van der Waals surface area contributed by atoms with Gasteiger partial charge in [-0.15, -0.1) is 0 Å². The first kappa shape index (κ1) is 17.7. The number of para-hydroxylation sites is 1. The van der Waals surface area contributed by atoms with E-state index in [1.54, 1.807) is 4.90 Å². The van der Waals surface area contributed by atoms with Gasteiger partial charge in [0.05, 0.1) is 0 Å². The SMILES string of the molecule is CCN(C(=O)c1nc(C)n(C2CCN(C)CC2)c1C)c1ccccc1. The molecule has 3 rings (SSSR count). The maximum atomic E-state index is 13.1. The molecule has 5 nitrogen and oxygen atoms in total. The molecule has 0 bridgehead atoms. The van der Waals surface area contributed by atoms with Gasteiger partial charge in [-0.3, -0.25) is 4.79 Å². The molecule has 1 amide bonds. The van der Waals surface area contributed by atoms with Crippen molar-refractivity contribution in [3.05, 3.63) is 47.5 Å². The van der Waals surface area contributed by atoms with Crippen LogP contribution in [0.2, 0.25) is 0 Å². The van der Waals surface area contributed by atoms with Crippen molar-refractivity contribution in [2.75, 3.05) is 31.6 Å². The summed E-state index contributed by atoms with van der Waals surface area (Å²) in [6.45, 7) is 8.86. The second-order valence-corrected chi connectivity index (χ2v) is 6.88. The molecule has 5 heteroatoms. The van der Waals surface area contributed by atoms with Gasteiger partial charge in [0.2, 0.25) is 0 Å². The number of likely N-dealkylation sites (tertiary alicyclic amines) is 1. The van der Waals surface area contributed by atoms with Gasteiger partial charge in [-0.1, -0.05) is 18.2 Å². The van der Waals surface area contributed by atoms with Crippen LogP contribution in [0.5, 0.6) is 0 Å². The fourth-order valence-corrected chi connectivity index (χ4v) is 3.83. The van der Waals surface area contributed by atoms with E-state index >= 15 is 0 Å². The molecular weight excluding hydrogens is 312 g/mol. The van der Waals surface area contributed by atoms with Crippen molar-refractivity contribution >= 4 is 11.6 Å². The Balaban J connectivity index is 1.90. The summed E-state index contributed by atoms with van der Waals surface area (Å²) in [4.78, 5) is 22.0. The molecule has 1 fully saturated rings. The molecule has 0 radical (unpaired) electrons. The summed E-state index contributed by atoms with van der Waals surface area (Å²) in [5.41, 5.74) is 2.49. The van der Waals surface area contributed by atoms with Crippen molar-refractivity contribution in [1.29, 1.82) is 0 Å². The molecule has 1 aromatic carbocycles. The van der Waals surface area contributed by atoms with Crippen LogP contribution in [0.15, 0.2) is 30.3 Å². The Bertz CT molecular complexity index is 730. The molecule has 1 aliphatic rings. The smallest absolute Gasteiger partial charge is 0.278 e. The molecule has 2 aromatic rings. The minimum absolute atomic E-state index is 0.0130.